The molecule has 0 radical (unpaired) electrons. The summed E-state index contributed by atoms with van der Waals surface area (Å²) in [4.78, 5) is 26.3. The van der Waals surface area contributed by atoms with E-state index in [0.717, 1.165) is 0 Å². The highest BCUT2D eigenvalue weighted by molar-refractivity contribution is 8.76. The van der Waals surface area contributed by atoms with Gasteiger partial charge in [0.25, 0.3) is 5.69 Å². The van der Waals surface area contributed by atoms with Crippen LogP contribution in [-0.4, -0.2) is 40.9 Å². The van der Waals surface area contributed by atoms with Crippen LogP contribution >= 0.6 is 21.6 Å². The van der Waals surface area contributed by atoms with E-state index in [1.54, 1.807) is 13.1 Å². The molecule has 0 unspecified atom stereocenters. The SMILES string of the molecule is COC(=O)N(C)CSSc1ccc([N+](=O)[O-])cn1. The zero-order chi connectivity index (χ0) is 13.5. The number of hydrogen-bond donors (Lipinski definition) is 0. The summed E-state index contributed by atoms with van der Waals surface area (Å²) >= 11 is 0. The Kier molecular flexibility index (Phi) is 5.72. The lowest BCUT2D eigenvalue weighted by molar-refractivity contribution is -0.385. The monoisotopic (exact) mass is 289 g/mol. The molecule has 0 aliphatic rings. The Morgan fingerprint density at radius 3 is 2.83 bits per heavy atom. The van der Waals surface area contributed by atoms with E-state index in [9.17, 15) is 14.9 Å². The fraction of sp³-hybridized carbons (Fsp3) is 0.333. The van der Waals surface area contributed by atoms with Crippen LogP contribution in [0.1, 0.15) is 0 Å². The molecule has 1 amide bonds. The molecule has 1 aromatic rings. The molecule has 0 bridgehead atoms. The Morgan fingerprint density at radius 2 is 2.33 bits per heavy atom. The third kappa shape index (κ3) is 4.41. The van der Waals surface area contributed by atoms with Crippen LogP contribution in [0.25, 0.3) is 0 Å². The van der Waals surface area contributed by atoms with Crippen molar-refractivity contribution in [1.29, 1.82) is 0 Å². The number of ether oxygens (including phenoxy) is 1. The first kappa shape index (κ1) is 14.6. The molecule has 0 N–H and O–H groups in total. The van der Waals surface area contributed by atoms with Gasteiger partial charge in [-0.15, -0.1) is 0 Å². The summed E-state index contributed by atoms with van der Waals surface area (Å²) in [5.41, 5.74) is -0.0453. The number of nitro groups is 1. The van der Waals surface area contributed by atoms with Crippen LogP contribution in [0.2, 0.25) is 0 Å². The minimum Gasteiger partial charge on any atom is -0.453 e. The molecule has 9 heteroatoms. The first-order valence-electron chi connectivity index (χ1n) is 4.73. The van der Waals surface area contributed by atoms with Gasteiger partial charge in [0.15, 0.2) is 0 Å². The molecule has 18 heavy (non-hydrogen) atoms. The van der Waals surface area contributed by atoms with E-state index >= 15 is 0 Å². The summed E-state index contributed by atoms with van der Waals surface area (Å²) in [7, 11) is 5.64. The number of methoxy groups -OCH3 is 1. The smallest absolute Gasteiger partial charge is 0.409 e. The van der Waals surface area contributed by atoms with Gasteiger partial charge in [-0.3, -0.25) is 10.1 Å². The first-order valence-corrected chi connectivity index (χ1v) is 7.05. The molecule has 0 spiro atoms. The minimum absolute atomic E-state index is 0.0453. The molecule has 0 saturated heterocycles. The largest absolute Gasteiger partial charge is 0.453 e. The predicted molar refractivity (Wildman–Crippen MR) is 69.4 cm³/mol. The second-order valence-electron chi connectivity index (χ2n) is 3.11. The third-order valence-electron chi connectivity index (χ3n) is 1.81. The zero-order valence-corrected chi connectivity index (χ0v) is 11.4. The van der Waals surface area contributed by atoms with Crippen LogP contribution in [0, 0.1) is 10.1 Å². The molecule has 98 valence electrons. The number of aromatic nitrogens is 1. The molecule has 0 aromatic carbocycles. The molecule has 0 fully saturated rings. The van der Waals surface area contributed by atoms with Gasteiger partial charge in [0.05, 0.1) is 17.9 Å². The van der Waals surface area contributed by atoms with Gasteiger partial charge in [0, 0.05) is 13.1 Å². The zero-order valence-electron chi connectivity index (χ0n) is 9.73. The highest BCUT2D eigenvalue weighted by Gasteiger charge is 2.09. The van der Waals surface area contributed by atoms with Gasteiger partial charge < -0.3 is 9.64 Å². The van der Waals surface area contributed by atoms with Crippen LogP contribution < -0.4 is 0 Å². The van der Waals surface area contributed by atoms with Crippen LogP contribution in [0.15, 0.2) is 23.4 Å². The van der Waals surface area contributed by atoms with Crippen molar-refractivity contribution in [3.05, 3.63) is 28.4 Å². The van der Waals surface area contributed by atoms with Gasteiger partial charge in [-0.2, -0.15) is 0 Å². The molecule has 1 rings (SSSR count). The standard InChI is InChI=1S/C9H11N3O4S2/c1-11(9(13)16-2)6-17-18-8-4-3-7(5-10-8)12(14)15/h3-5H,6H2,1-2H3. The number of nitrogens with zero attached hydrogens (tertiary/aromatic N) is 3. The number of amides is 1. The van der Waals surface area contributed by atoms with Gasteiger partial charge in [0.2, 0.25) is 0 Å². The van der Waals surface area contributed by atoms with Crippen LogP contribution in [0.3, 0.4) is 0 Å². The molecular formula is C9H11N3O4S2. The number of hydrogen-bond acceptors (Lipinski definition) is 7. The molecular weight excluding hydrogens is 278 g/mol. The van der Waals surface area contributed by atoms with Gasteiger partial charge in [-0.05, 0) is 16.9 Å². The van der Waals surface area contributed by atoms with Crippen molar-refractivity contribution in [2.75, 3.05) is 20.0 Å². The molecule has 1 aromatic heterocycles. The Morgan fingerprint density at radius 1 is 1.61 bits per heavy atom. The second kappa shape index (κ2) is 7.07. The van der Waals surface area contributed by atoms with Crippen molar-refractivity contribution in [3.8, 4) is 0 Å². The van der Waals surface area contributed by atoms with Crippen LogP contribution in [0.4, 0.5) is 10.5 Å². The van der Waals surface area contributed by atoms with Gasteiger partial charge in [0.1, 0.15) is 11.2 Å². The van der Waals surface area contributed by atoms with E-state index in [1.165, 1.54) is 45.9 Å². The second-order valence-corrected chi connectivity index (χ2v) is 5.40. The minimum atomic E-state index is -0.500. The summed E-state index contributed by atoms with van der Waals surface area (Å²) in [5.74, 6) is 0.427. The topological polar surface area (TPSA) is 85.6 Å². The molecule has 7 nitrogen and oxygen atoms in total. The Labute approximate surface area is 111 Å². The van der Waals surface area contributed by atoms with E-state index < -0.39 is 11.0 Å². The van der Waals surface area contributed by atoms with E-state index in [2.05, 4.69) is 9.72 Å². The van der Waals surface area contributed by atoms with Gasteiger partial charge in [-0.25, -0.2) is 9.78 Å². The first-order chi connectivity index (χ1) is 8.54. The van der Waals surface area contributed by atoms with Crippen molar-refractivity contribution in [2.45, 2.75) is 5.03 Å². The average Bonchev–Trinajstić information content (AvgIpc) is 2.38. The van der Waals surface area contributed by atoms with Gasteiger partial charge in [-0.1, -0.05) is 10.8 Å². The highest BCUT2D eigenvalue weighted by Crippen LogP contribution is 2.30. The van der Waals surface area contributed by atoms with Crippen LogP contribution in [0.5, 0.6) is 0 Å². The Bertz CT molecular complexity index is 426. The fourth-order valence-electron chi connectivity index (χ4n) is 0.904. The molecule has 0 aliphatic heterocycles. The summed E-state index contributed by atoms with van der Waals surface area (Å²) in [6.07, 6.45) is 0.784. The quantitative estimate of drug-likeness (QED) is 0.356. The lowest BCUT2D eigenvalue weighted by Gasteiger charge is -2.13. The van der Waals surface area contributed by atoms with E-state index in [-0.39, 0.29) is 5.69 Å². The summed E-state index contributed by atoms with van der Waals surface area (Å²) in [5, 5.41) is 11.1. The fourth-order valence-corrected chi connectivity index (χ4v) is 2.85. The van der Waals surface area contributed by atoms with E-state index in [4.69, 9.17) is 0 Å². The van der Waals surface area contributed by atoms with Crippen molar-refractivity contribution in [3.63, 3.8) is 0 Å². The molecule has 1 heterocycles. The lowest BCUT2D eigenvalue weighted by atomic mass is 10.4. The van der Waals surface area contributed by atoms with Crippen molar-refractivity contribution < 1.29 is 14.5 Å². The predicted octanol–water partition coefficient (Wildman–Crippen LogP) is 2.39. The molecule has 0 saturated carbocycles. The van der Waals surface area contributed by atoms with Crippen molar-refractivity contribution in [1.82, 2.24) is 9.88 Å². The summed E-state index contributed by atoms with van der Waals surface area (Å²) < 4.78 is 4.53. The summed E-state index contributed by atoms with van der Waals surface area (Å²) in [6, 6.07) is 2.95. The van der Waals surface area contributed by atoms with E-state index in [0.29, 0.717) is 10.9 Å². The van der Waals surface area contributed by atoms with Crippen LogP contribution in [-0.2, 0) is 4.74 Å². The van der Waals surface area contributed by atoms with Crippen molar-refractivity contribution >= 4 is 33.4 Å². The van der Waals surface area contributed by atoms with Gasteiger partial charge >= 0.3 is 6.09 Å². The molecule has 0 aliphatic carbocycles. The highest BCUT2D eigenvalue weighted by atomic mass is 33.1. The Balaban J connectivity index is 2.40. The Hall–Kier alpha value is -1.48. The maximum atomic E-state index is 11.1. The average molecular weight is 289 g/mol. The number of pyridine rings is 1. The van der Waals surface area contributed by atoms with Crippen molar-refractivity contribution in [2.24, 2.45) is 0 Å². The van der Waals surface area contributed by atoms with E-state index in [1.807, 2.05) is 0 Å². The normalized spacial score (nSPS) is 9.89. The number of rotatable bonds is 5. The maximum Gasteiger partial charge on any atom is 0.409 e. The number of carbonyl (C=O) groups excluding carboxylic acids is 1. The maximum absolute atomic E-state index is 11.1. The third-order valence-corrected chi connectivity index (χ3v) is 4.01. The summed E-state index contributed by atoms with van der Waals surface area (Å²) in [6.45, 7) is 0. The number of carbonyl (C=O) groups is 1. The molecule has 0 atom stereocenters. The lowest BCUT2D eigenvalue weighted by Crippen LogP contribution is -2.25.